The van der Waals surface area contributed by atoms with E-state index in [-0.39, 0.29) is 6.10 Å². The maximum atomic E-state index is 10.1. The summed E-state index contributed by atoms with van der Waals surface area (Å²) >= 11 is 0. The third-order valence-electron chi connectivity index (χ3n) is 6.06. The van der Waals surface area contributed by atoms with Crippen LogP contribution in [0.3, 0.4) is 0 Å². The first kappa shape index (κ1) is 19.2. The van der Waals surface area contributed by atoms with Crippen molar-refractivity contribution in [2.75, 3.05) is 33.9 Å². The van der Waals surface area contributed by atoms with Gasteiger partial charge in [0, 0.05) is 38.3 Å². The second-order valence-corrected chi connectivity index (χ2v) is 7.96. The number of aliphatic hydroxyl groups is 1. The molecule has 2 aromatic carbocycles. The van der Waals surface area contributed by atoms with Gasteiger partial charge in [-0.25, -0.2) is 0 Å². The van der Waals surface area contributed by atoms with Crippen LogP contribution < -0.4 is 9.47 Å². The number of nitrogens with zero attached hydrogens (tertiary/aromatic N) is 2. The second kappa shape index (κ2) is 8.52. The normalized spacial score (nSPS) is 25.5. The lowest BCUT2D eigenvalue weighted by molar-refractivity contribution is 0.0444. The molecule has 5 heteroatoms. The predicted molar refractivity (Wildman–Crippen MR) is 110 cm³/mol. The van der Waals surface area contributed by atoms with Crippen molar-refractivity contribution >= 4 is 0 Å². The van der Waals surface area contributed by atoms with Crippen LogP contribution in [0, 0.1) is 0 Å². The van der Waals surface area contributed by atoms with Crippen LogP contribution in [-0.4, -0.2) is 66.9 Å². The van der Waals surface area contributed by atoms with Gasteiger partial charge in [0.15, 0.2) is 11.5 Å². The average Bonchev–Trinajstić information content (AvgIpc) is 3.07. The fourth-order valence-corrected chi connectivity index (χ4v) is 4.66. The Balaban J connectivity index is 1.54. The first-order chi connectivity index (χ1) is 13.7. The number of benzene rings is 2. The summed E-state index contributed by atoms with van der Waals surface area (Å²) in [6.07, 6.45) is 1.71. The van der Waals surface area contributed by atoms with Crippen LogP contribution in [0.15, 0.2) is 48.5 Å². The molecule has 0 bridgehead atoms. The molecule has 2 aromatic rings. The van der Waals surface area contributed by atoms with Crippen LogP contribution in [0.2, 0.25) is 0 Å². The molecule has 0 spiro atoms. The van der Waals surface area contributed by atoms with Crippen molar-refractivity contribution in [1.82, 2.24) is 9.80 Å². The fraction of sp³-hybridized carbons (Fsp3) is 0.478. The maximum Gasteiger partial charge on any atom is 0.161 e. The number of methoxy groups -OCH3 is 2. The summed E-state index contributed by atoms with van der Waals surface area (Å²) in [5.74, 6) is 1.53. The molecule has 0 unspecified atom stereocenters. The van der Waals surface area contributed by atoms with Crippen molar-refractivity contribution < 1.29 is 14.6 Å². The largest absolute Gasteiger partial charge is 0.493 e. The van der Waals surface area contributed by atoms with E-state index in [1.807, 2.05) is 6.07 Å². The Labute approximate surface area is 167 Å². The SMILES string of the molecule is COc1ccc(CN2C[C@@H]3C[C@@H](O)CN3C[C@H]2Cc2ccccc2)cc1OC. The van der Waals surface area contributed by atoms with E-state index in [1.165, 1.54) is 11.1 Å². The van der Waals surface area contributed by atoms with Gasteiger partial charge in [0.2, 0.25) is 0 Å². The van der Waals surface area contributed by atoms with Gasteiger partial charge in [0.05, 0.1) is 20.3 Å². The van der Waals surface area contributed by atoms with Gasteiger partial charge in [-0.1, -0.05) is 36.4 Å². The number of hydrogen-bond acceptors (Lipinski definition) is 5. The molecule has 150 valence electrons. The predicted octanol–water partition coefficient (Wildman–Crippen LogP) is 2.57. The number of rotatable bonds is 6. The first-order valence-corrected chi connectivity index (χ1v) is 10.1. The molecule has 2 heterocycles. The molecular formula is C23H30N2O3. The molecule has 0 radical (unpaired) electrons. The van der Waals surface area contributed by atoms with Crippen LogP contribution in [0.4, 0.5) is 0 Å². The van der Waals surface area contributed by atoms with Crippen LogP contribution in [0.25, 0.3) is 0 Å². The molecule has 28 heavy (non-hydrogen) atoms. The highest BCUT2D eigenvalue weighted by atomic mass is 16.5. The summed E-state index contributed by atoms with van der Waals surface area (Å²) < 4.78 is 10.9. The first-order valence-electron chi connectivity index (χ1n) is 10.1. The summed E-state index contributed by atoms with van der Waals surface area (Å²) in [6.45, 7) is 3.67. The van der Waals surface area contributed by atoms with Gasteiger partial charge in [0.1, 0.15) is 0 Å². The van der Waals surface area contributed by atoms with Gasteiger partial charge in [-0.2, -0.15) is 0 Å². The Hall–Kier alpha value is -2.08. The second-order valence-electron chi connectivity index (χ2n) is 7.96. The van der Waals surface area contributed by atoms with Crippen molar-refractivity contribution in [3.8, 4) is 11.5 Å². The number of piperazine rings is 1. The molecular weight excluding hydrogens is 352 g/mol. The Morgan fingerprint density at radius 1 is 0.929 bits per heavy atom. The van der Waals surface area contributed by atoms with Gasteiger partial charge >= 0.3 is 0 Å². The van der Waals surface area contributed by atoms with Gasteiger partial charge in [0.25, 0.3) is 0 Å². The average molecular weight is 383 g/mol. The van der Waals surface area contributed by atoms with Crippen LogP contribution >= 0.6 is 0 Å². The van der Waals surface area contributed by atoms with Gasteiger partial charge in [-0.3, -0.25) is 9.80 Å². The number of hydrogen-bond donors (Lipinski definition) is 1. The highest BCUT2D eigenvalue weighted by Gasteiger charge is 2.39. The summed E-state index contributed by atoms with van der Waals surface area (Å²) in [5, 5.41) is 10.1. The highest BCUT2D eigenvalue weighted by Crippen LogP contribution is 2.31. The van der Waals surface area contributed by atoms with Crippen LogP contribution in [-0.2, 0) is 13.0 Å². The molecule has 2 saturated heterocycles. The maximum absolute atomic E-state index is 10.1. The minimum absolute atomic E-state index is 0.191. The molecule has 5 nitrogen and oxygen atoms in total. The molecule has 1 N–H and O–H groups in total. The number of aliphatic hydroxyl groups excluding tert-OH is 1. The Morgan fingerprint density at radius 3 is 2.46 bits per heavy atom. The molecule has 2 fully saturated rings. The fourth-order valence-electron chi connectivity index (χ4n) is 4.66. The monoisotopic (exact) mass is 382 g/mol. The zero-order chi connectivity index (χ0) is 19.5. The molecule has 0 amide bonds. The minimum atomic E-state index is -0.191. The zero-order valence-corrected chi connectivity index (χ0v) is 16.8. The third-order valence-corrected chi connectivity index (χ3v) is 6.06. The smallest absolute Gasteiger partial charge is 0.161 e. The molecule has 2 aliphatic heterocycles. The summed E-state index contributed by atoms with van der Waals surface area (Å²) in [7, 11) is 3.34. The molecule has 3 atom stereocenters. The minimum Gasteiger partial charge on any atom is -0.493 e. The van der Waals surface area contributed by atoms with Gasteiger partial charge in [-0.05, 0) is 36.1 Å². The molecule has 0 saturated carbocycles. The van der Waals surface area contributed by atoms with Crippen LogP contribution in [0.5, 0.6) is 11.5 Å². The van der Waals surface area contributed by atoms with E-state index in [1.54, 1.807) is 14.2 Å². The molecule has 0 aliphatic carbocycles. The summed E-state index contributed by atoms with van der Waals surface area (Å²) in [4.78, 5) is 5.05. The van der Waals surface area contributed by atoms with Gasteiger partial charge < -0.3 is 14.6 Å². The topological polar surface area (TPSA) is 45.2 Å². The van der Waals surface area contributed by atoms with E-state index in [9.17, 15) is 5.11 Å². The zero-order valence-electron chi connectivity index (χ0n) is 16.8. The Kier molecular flexibility index (Phi) is 5.85. The van der Waals surface area contributed by atoms with E-state index >= 15 is 0 Å². The standard InChI is InChI=1S/C23H30N2O3/c1-27-22-9-8-18(11-23(22)28-2)13-24-15-20-12-21(26)16-25(20)14-19(24)10-17-6-4-3-5-7-17/h3-9,11,19-21,26H,10,12-16H2,1-2H3/t19-,20+,21-/m1/s1. The number of ether oxygens (including phenoxy) is 2. The summed E-state index contributed by atoms with van der Waals surface area (Å²) in [6, 6.07) is 17.8. The van der Waals surface area contributed by atoms with Crippen molar-refractivity contribution in [1.29, 1.82) is 0 Å². The molecule has 2 aliphatic rings. The lowest BCUT2D eigenvalue weighted by Crippen LogP contribution is -2.56. The third kappa shape index (κ3) is 4.17. The van der Waals surface area contributed by atoms with Crippen molar-refractivity contribution in [2.45, 2.75) is 37.6 Å². The highest BCUT2D eigenvalue weighted by molar-refractivity contribution is 5.42. The molecule has 4 rings (SSSR count). The quantitative estimate of drug-likeness (QED) is 0.832. The van der Waals surface area contributed by atoms with E-state index in [4.69, 9.17) is 9.47 Å². The summed E-state index contributed by atoms with van der Waals surface area (Å²) in [5.41, 5.74) is 2.59. The van der Waals surface area contributed by atoms with E-state index < -0.39 is 0 Å². The molecule has 0 aromatic heterocycles. The Morgan fingerprint density at radius 2 is 1.71 bits per heavy atom. The van der Waals surface area contributed by atoms with E-state index in [2.05, 4.69) is 52.3 Å². The lowest BCUT2D eigenvalue weighted by atomic mass is 9.99. The number of fused-ring (bicyclic) bond motifs is 1. The van der Waals surface area contributed by atoms with Crippen molar-refractivity contribution in [3.05, 3.63) is 59.7 Å². The van der Waals surface area contributed by atoms with Crippen molar-refractivity contribution in [2.24, 2.45) is 0 Å². The Bertz CT molecular complexity index is 783. The lowest BCUT2D eigenvalue weighted by Gasteiger charge is -2.44. The van der Waals surface area contributed by atoms with E-state index in [0.717, 1.165) is 50.5 Å². The van der Waals surface area contributed by atoms with E-state index in [0.29, 0.717) is 12.1 Å². The van der Waals surface area contributed by atoms with Crippen molar-refractivity contribution in [3.63, 3.8) is 0 Å². The van der Waals surface area contributed by atoms with Crippen LogP contribution in [0.1, 0.15) is 17.5 Å². The van der Waals surface area contributed by atoms with Gasteiger partial charge in [-0.15, -0.1) is 0 Å².